The second kappa shape index (κ2) is 7.34. The molecule has 2 aliphatic rings. The third kappa shape index (κ3) is 4.15. The summed E-state index contributed by atoms with van der Waals surface area (Å²) in [5.74, 6) is -0.00370. The Morgan fingerprint density at radius 1 is 1.08 bits per heavy atom. The second-order valence-corrected chi connectivity index (χ2v) is 7.20. The molecule has 2 amide bonds. The normalized spacial score (nSPS) is 24.0. The first-order chi connectivity index (χ1) is 11.5. The average molecular weight is 329 g/mol. The standard InChI is InChI=1S/C19H27N3O2/c1-14(2)20-18(23)16-12-17(16)19(24)22-10-8-21(9-11-22)13-15-6-4-3-5-7-15/h3-7,14,16-17H,8-13H2,1-2H3,(H,20,23). The maximum Gasteiger partial charge on any atom is 0.226 e. The first kappa shape index (κ1) is 17.0. The minimum Gasteiger partial charge on any atom is -0.354 e. The van der Waals surface area contributed by atoms with E-state index in [1.807, 2.05) is 24.8 Å². The summed E-state index contributed by atoms with van der Waals surface area (Å²) >= 11 is 0. The van der Waals surface area contributed by atoms with Crippen molar-refractivity contribution in [3.63, 3.8) is 0 Å². The number of piperazine rings is 1. The molecule has 0 aromatic heterocycles. The molecule has 130 valence electrons. The predicted molar refractivity (Wildman–Crippen MR) is 93.2 cm³/mol. The van der Waals surface area contributed by atoms with E-state index in [2.05, 4.69) is 34.5 Å². The van der Waals surface area contributed by atoms with Gasteiger partial charge in [0.1, 0.15) is 0 Å². The minimum atomic E-state index is -0.109. The van der Waals surface area contributed by atoms with Gasteiger partial charge in [-0.1, -0.05) is 30.3 Å². The molecule has 1 aromatic rings. The maximum absolute atomic E-state index is 12.6. The van der Waals surface area contributed by atoms with Crippen molar-refractivity contribution in [2.45, 2.75) is 32.9 Å². The highest BCUT2D eigenvalue weighted by molar-refractivity contribution is 5.92. The van der Waals surface area contributed by atoms with Crippen LogP contribution in [0.2, 0.25) is 0 Å². The zero-order chi connectivity index (χ0) is 17.1. The molecule has 1 aliphatic heterocycles. The number of carbonyl (C=O) groups is 2. The lowest BCUT2D eigenvalue weighted by atomic mass is 10.2. The molecule has 2 unspecified atom stereocenters. The van der Waals surface area contributed by atoms with E-state index in [1.165, 1.54) is 5.56 Å². The molecule has 5 nitrogen and oxygen atoms in total. The first-order valence-corrected chi connectivity index (χ1v) is 8.90. The van der Waals surface area contributed by atoms with Crippen molar-refractivity contribution in [3.8, 4) is 0 Å². The van der Waals surface area contributed by atoms with E-state index < -0.39 is 0 Å². The Balaban J connectivity index is 1.44. The third-order valence-corrected chi connectivity index (χ3v) is 4.81. The van der Waals surface area contributed by atoms with E-state index in [0.29, 0.717) is 6.42 Å². The van der Waals surface area contributed by atoms with E-state index in [1.54, 1.807) is 0 Å². The predicted octanol–water partition coefficient (Wildman–Crippen LogP) is 1.49. The number of nitrogens with zero attached hydrogens (tertiary/aromatic N) is 2. The summed E-state index contributed by atoms with van der Waals surface area (Å²) in [7, 11) is 0. The minimum absolute atomic E-state index is 0.0334. The summed E-state index contributed by atoms with van der Waals surface area (Å²) in [6.45, 7) is 8.16. The lowest BCUT2D eigenvalue weighted by molar-refractivity contribution is -0.136. The summed E-state index contributed by atoms with van der Waals surface area (Å²) in [5, 5.41) is 2.91. The zero-order valence-electron chi connectivity index (χ0n) is 14.6. The SMILES string of the molecule is CC(C)NC(=O)C1CC1C(=O)N1CCN(Cc2ccccc2)CC1. The Morgan fingerprint density at radius 2 is 1.75 bits per heavy atom. The number of hydrogen-bond donors (Lipinski definition) is 1. The highest BCUT2D eigenvalue weighted by Gasteiger charge is 2.49. The molecule has 1 N–H and O–H groups in total. The van der Waals surface area contributed by atoms with Crippen molar-refractivity contribution in [3.05, 3.63) is 35.9 Å². The molecular weight excluding hydrogens is 302 g/mol. The molecule has 0 radical (unpaired) electrons. The van der Waals surface area contributed by atoms with Gasteiger partial charge in [-0.15, -0.1) is 0 Å². The Kier molecular flexibility index (Phi) is 5.19. The molecule has 0 spiro atoms. The van der Waals surface area contributed by atoms with Crippen molar-refractivity contribution >= 4 is 11.8 Å². The van der Waals surface area contributed by atoms with Crippen LogP contribution in [0.3, 0.4) is 0 Å². The molecule has 1 heterocycles. The topological polar surface area (TPSA) is 52.7 Å². The van der Waals surface area contributed by atoms with Crippen molar-refractivity contribution < 1.29 is 9.59 Å². The van der Waals surface area contributed by atoms with Crippen LogP contribution >= 0.6 is 0 Å². The molecule has 0 bridgehead atoms. The monoisotopic (exact) mass is 329 g/mol. The molecule has 3 rings (SSSR count). The molecule has 24 heavy (non-hydrogen) atoms. The molecule has 1 saturated heterocycles. The van der Waals surface area contributed by atoms with E-state index in [4.69, 9.17) is 0 Å². The summed E-state index contributed by atoms with van der Waals surface area (Å²) in [6.07, 6.45) is 0.710. The summed E-state index contributed by atoms with van der Waals surface area (Å²) < 4.78 is 0. The fourth-order valence-corrected chi connectivity index (χ4v) is 3.35. The van der Waals surface area contributed by atoms with E-state index in [9.17, 15) is 9.59 Å². The number of nitrogens with one attached hydrogen (secondary N) is 1. The van der Waals surface area contributed by atoms with Gasteiger partial charge in [-0.25, -0.2) is 0 Å². The molecular formula is C19H27N3O2. The van der Waals surface area contributed by atoms with Gasteiger partial charge in [0.2, 0.25) is 11.8 Å². The van der Waals surface area contributed by atoms with Crippen molar-refractivity contribution in [2.75, 3.05) is 26.2 Å². The number of benzene rings is 1. The van der Waals surface area contributed by atoms with Crippen LogP contribution in [0.5, 0.6) is 0 Å². The first-order valence-electron chi connectivity index (χ1n) is 8.90. The number of amides is 2. The lowest BCUT2D eigenvalue weighted by Gasteiger charge is -2.35. The van der Waals surface area contributed by atoms with Crippen LogP contribution in [-0.4, -0.2) is 53.8 Å². The largest absolute Gasteiger partial charge is 0.354 e. The van der Waals surface area contributed by atoms with Gasteiger partial charge < -0.3 is 10.2 Å². The van der Waals surface area contributed by atoms with Gasteiger partial charge >= 0.3 is 0 Å². The molecule has 2 atom stereocenters. The van der Waals surface area contributed by atoms with Crippen molar-refractivity contribution in [2.24, 2.45) is 11.8 Å². The van der Waals surface area contributed by atoms with Gasteiger partial charge in [0.05, 0.1) is 11.8 Å². The molecule has 2 fully saturated rings. The highest BCUT2D eigenvalue weighted by atomic mass is 16.2. The molecule has 1 aromatic carbocycles. The Labute approximate surface area is 144 Å². The van der Waals surface area contributed by atoms with Gasteiger partial charge in [-0.3, -0.25) is 14.5 Å². The third-order valence-electron chi connectivity index (χ3n) is 4.81. The quantitative estimate of drug-likeness (QED) is 0.890. The highest BCUT2D eigenvalue weighted by Crippen LogP contribution is 2.40. The van der Waals surface area contributed by atoms with E-state index in [-0.39, 0.29) is 29.7 Å². The van der Waals surface area contributed by atoms with Gasteiger partial charge in [0.15, 0.2) is 0 Å². The van der Waals surface area contributed by atoms with Crippen LogP contribution in [0.15, 0.2) is 30.3 Å². The summed E-state index contributed by atoms with van der Waals surface area (Å²) in [6, 6.07) is 10.6. The van der Waals surface area contributed by atoms with Gasteiger partial charge in [-0.05, 0) is 25.8 Å². The summed E-state index contributed by atoms with van der Waals surface area (Å²) in [5.41, 5.74) is 1.31. The van der Waals surface area contributed by atoms with E-state index in [0.717, 1.165) is 32.7 Å². The van der Waals surface area contributed by atoms with Crippen molar-refractivity contribution in [1.82, 2.24) is 15.1 Å². The lowest BCUT2D eigenvalue weighted by Crippen LogP contribution is -2.49. The Bertz CT molecular complexity index is 580. The number of hydrogen-bond acceptors (Lipinski definition) is 3. The number of carbonyl (C=O) groups excluding carboxylic acids is 2. The van der Waals surface area contributed by atoms with Gasteiger partial charge in [-0.2, -0.15) is 0 Å². The second-order valence-electron chi connectivity index (χ2n) is 7.20. The molecule has 5 heteroatoms. The number of rotatable bonds is 5. The van der Waals surface area contributed by atoms with Gasteiger partial charge in [0, 0.05) is 38.8 Å². The maximum atomic E-state index is 12.6. The molecule has 1 aliphatic carbocycles. The summed E-state index contributed by atoms with van der Waals surface area (Å²) in [4.78, 5) is 28.9. The van der Waals surface area contributed by atoms with Crippen molar-refractivity contribution in [1.29, 1.82) is 0 Å². The van der Waals surface area contributed by atoms with Crippen LogP contribution in [0, 0.1) is 11.8 Å². The Hall–Kier alpha value is -1.88. The van der Waals surface area contributed by atoms with Gasteiger partial charge in [0.25, 0.3) is 0 Å². The fraction of sp³-hybridized carbons (Fsp3) is 0.579. The van der Waals surface area contributed by atoms with E-state index >= 15 is 0 Å². The van der Waals surface area contributed by atoms with Crippen LogP contribution in [0.4, 0.5) is 0 Å². The Morgan fingerprint density at radius 3 is 2.38 bits per heavy atom. The average Bonchev–Trinajstić information content (AvgIpc) is 3.36. The smallest absolute Gasteiger partial charge is 0.226 e. The van der Waals surface area contributed by atoms with Crippen LogP contribution in [-0.2, 0) is 16.1 Å². The van der Waals surface area contributed by atoms with Crippen LogP contribution < -0.4 is 5.32 Å². The van der Waals surface area contributed by atoms with Crippen LogP contribution in [0.25, 0.3) is 0 Å². The van der Waals surface area contributed by atoms with Crippen LogP contribution in [0.1, 0.15) is 25.8 Å². The molecule has 1 saturated carbocycles. The zero-order valence-corrected chi connectivity index (χ0v) is 14.6. The fourth-order valence-electron chi connectivity index (χ4n) is 3.35.